The fraction of sp³-hybridized carbons (Fsp3) is 0.474. The van der Waals surface area contributed by atoms with Gasteiger partial charge in [-0.1, -0.05) is 6.92 Å². The lowest BCUT2D eigenvalue weighted by atomic mass is 9.92. The van der Waals surface area contributed by atoms with Crippen LogP contribution in [0.3, 0.4) is 0 Å². The summed E-state index contributed by atoms with van der Waals surface area (Å²) in [5.74, 6) is 2.06. The van der Waals surface area contributed by atoms with Crippen molar-refractivity contribution in [1.82, 2.24) is 9.88 Å². The third kappa shape index (κ3) is 3.29. The highest BCUT2D eigenvalue weighted by molar-refractivity contribution is 7.13. The molecule has 0 spiro atoms. The van der Waals surface area contributed by atoms with Crippen molar-refractivity contribution in [2.75, 3.05) is 26.3 Å². The molecule has 4 rings (SSSR count). The summed E-state index contributed by atoms with van der Waals surface area (Å²) < 4.78 is 11.2. The van der Waals surface area contributed by atoms with Crippen molar-refractivity contribution in [2.24, 2.45) is 11.7 Å². The second-order valence-electron chi connectivity index (χ2n) is 6.91. The SMILES string of the molecule is CC1CCN(C(=O)c2csc(-c3ccc4c(c3)OCCO4)n2)C(CN)C1. The van der Waals surface area contributed by atoms with Crippen LogP contribution >= 0.6 is 11.3 Å². The van der Waals surface area contributed by atoms with Gasteiger partial charge in [0.05, 0.1) is 0 Å². The van der Waals surface area contributed by atoms with Crippen LogP contribution in [0.25, 0.3) is 10.6 Å². The Labute approximate surface area is 156 Å². The predicted octanol–water partition coefficient (Wildman–Crippen LogP) is 2.78. The molecule has 3 heterocycles. The molecule has 7 heteroatoms. The van der Waals surface area contributed by atoms with E-state index in [2.05, 4.69) is 11.9 Å². The Hall–Kier alpha value is -2.12. The molecule has 1 aromatic carbocycles. The van der Waals surface area contributed by atoms with Gasteiger partial charge in [0.2, 0.25) is 0 Å². The zero-order valence-corrected chi connectivity index (χ0v) is 15.6. The number of piperidine rings is 1. The summed E-state index contributed by atoms with van der Waals surface area (Å²) in [6.07, 6.45) is 1.97. The van der Waals surface area contributed by atoms with Crippen molar-refractivity contribution in [2.45, 2.75) is 25.8 Å². The number of ether oxygens (including phenoxy) is 2. The van der Waals surface area contributed by atoms with Gasteiger partial charge in [-0.05, 0) is 37.0 Å². The summed E-state index contributed by atoms with van der Waals surface area (Å²) in [6, 6.07) is 5.87. The number of carbonyl (C=O) groups is 1. The molecule has 2 unspecified atom stereocenters. The van der Waals surface area contributed by atoms with Gasteiger partial charge in [-0.3, -0.25) is 4.79 Å². The highest BCUT2D eigenvalue weighted by Gasteiger charge is 2.30. The van der Waals surface area contributed by atoms with Crippen LogP contribution in [0, 0.1) is 5.92 Å². The number of amides is 1. The molecule has 6 nitrogen and oxygen atoms in total. The Balaban J connectivity index is 1.55. The fourth-order valence-electron chi connectivity index (χ4n) is 3.57. The lowest BCUT2D eigenvalue weighted by molar-refractivity contribution is 0.0568. The van der Waals surface area contributed by atoms with Gasteiger partial charge in [-0.15, -0.1) is 11.3 Å². The number of nitrogens with two attached hydrogens (primary N) is 1. The van der Waals surface area contributed by atoms with E-state index in [4.69, 9.17) is 15.2 Å². The van der Waals surface area contributed by atoms with Crippen molar-refractivity contribution in [3.63, 3.8) is 0 Å². The van der Waals surface area contributed by atoms with Gasteiger partial charge in [0.15, 0.2) is 11.5 Å². The number of hydrogen-bond donors (Lipinski definition) is 1. The van der Waals surface area contributed by atoms with Gasteiger partial charge in [0.25, 0.3) is 5.91 Å². The van der Waals surface area contributed by atoms with Crippen LogP contribution in [-0.4, -0.2) is 48.1 Å². The molecule has 138 valence electrons. The molecule has 1 aromatic heterocycles. The van der Waals surface area contributed by atoms with Gasteiger partial charge in [-0.25, -0.2) is 4.98 Å². The summed E-state index contributed by atoms with van der Waals surface area (Å²) in [5.41, 5.74) is 7.32. The minimum Gasteiger partial charge on any atom is -0.486 e. The van der Waals surface area contributed by atoms with Gasteiger partial charge >= 0.3 is 0 Å². The van der Waals surface area contributed by atoms with E-state index in [-0.39, 0.29) is 11.9 Å². The van der Waals surface area contributed by atoms with Crippen LogP contribution in [0.4, 0.5) is 0 Å². The largest absolute Gasteiger partial charge is 0.486 e. The van der Waals surface area contributed by atoms with Crippen LogP contribution in [0.2, 0.25) is 0 Å². The fourth-order valence-corrected chi connectivity index (χ4v) is 4.36. The normalized spacial score (nSPS) is 22.3. The predicted molar refractivity (Wildman–Crippen MR) is 101 cm³/mol. The molecule has 2 aromatic rings. The Morgan fingerprint density at radius 3 is 2.96 bits per heavy atom. The lowest BCUT2D eigenvalue weighted by Gasteiger charge is -2.37. The monoisotopic (exact) mass is 373 g/mol. The maximum atomic E-state index is 12.9. The lowest BCUT2D eigenvalue weighted by Crippen LogP contribution is -2.49. The zero-order valence-electron chi connectivity index (χ0n) is 14.8. The summed E-state index contributed by atoms with van der Waals surface area (Å²) in [5, 5.41) is 2.64. The number of thiazole rings is 1. The standard InChI is InChI=1S/C19H23N3O3S/c1-12-4-5-22(14(8-12)10-20)19(23)15-11-26-18(21-15)13-2-3-16-17(9-13)25-7-6-24-16/h2-3,9,11-12,14H,4-8,10,20H2,1H3. The minimum atomic E-state index is -0.0209. The molecule has 0 radical (unpaired) electrons. The van der Waals surface area contributed by atoms with Crippen molar-refractivity contribution in [3.05, 3.63) is 29.3 Å². The van der Waals surface area contributed by atoms with Crippen molar-refractivity contribution >= 4 is 17.2 Å². The van der Waals surface area contributed by atoms with Crippen LogP contribution in [0.1, 0.15) is 30.3 Å². The van der Waals surface area contributed by atoms with E-state index in [0.29, 0.717) is 31.4 Å². The molecule has 26 heavy (non-hydrogen) atoms. The number of nitrogens with zero attached hydrogens (tertiary/aromatic N) is 2. The first-order valence-electron chi connectivity index (χ1n) is 9.02. The number of hydrogen-bond acceptors (Lipinski definition) is 6. The number of rotatable bonds is 3. The van der Waals surface area contributed by atoms with E-state index < -0.39 is 0 Å². The van der Waals surface area contributed by atoms with Gasteiger partial charge < -0.3 is 20.1 Å². The number of aromatic nitrogens is 1. The molecule has 0 bridgehead atoms. The van der Waals surface area contributed by atoms with E-state index in [1.54, 1.807) is 0 Å². The van der Waals surface area contributed by atoms with Gasteiger partial charge in [0.1, 0.15) is 23.9 Å². The average Bonchev–Trinajstić information content (AvgIpc) is 3.17. The minimum absolute atomic E-state index is 0.0209. The van der Waals surface area contributed by atoms with E-state index in [1.165, 1.54) is 11.3 Å². The smallest absolute Gasteiger partial charge is 0.273 e. The molecule has 2 atom stereocenters. The van der Waals surface area contributed by atoms with Crippen molar-refractivity contribution in [1.29, 1.82) is 0 Å². The zero-order chi connectivity index (χ0) is 18.1. The van der Waals surface area contributed by atoms with Crippen LogP contribution in [0.15, 0.2) is 23.6 Å². The molecule has 2 N–H and O–H groups in total. The molecule has 0 aliphatic carbocycles. The first kappa shape index (κ1) is 17.3. The molecule has 1 fully saturated rings. The molecule has 2 aliphatic rings. The highest BCUT2D eigenvalue weighted by atomic mass is 32.1. The van der Waals surface area contributed by atoms with Gasteiger partial charge in [-0.2, -0.15) is 0 Å². The Kier molecular flexibility index (Phi) is 4.82. The quantitative estimate of drug-likeness (QED) is 0.895. The van der Waals surface area contributed by atoms with Crippen LogP contribution < -0.4 is 15.2 Å². The third-order valence-corrected chi connectivity index (χ3v) is 5.91. The molecular weight excluding hydrogens is 350 g/mol. The Morgan fingerprint density at radius 1 is 1.35 bits per heavy atom. The molecule has 1 amide bonds. The maximum Gasteiger partial charge on any atom is 0.273 e. The number of carbonyl (C=O) groups excluding carboxylic acids is 1. The average molecular weight is 373 g/mol. The topological polar surface area (TPSA) is 77.7 Å². The van der Waals surface area contributed by atoms with Crippen molar-refractivity contribution < 1.29 is 14.3 Å². The maximum absolute atomic E-state index is 12.9. The molecular formula is C19H23N3O3S. The number of benzene rings is 1. The first-order chi connectivity index (χ1) is 12.7. The summed E-state index contributed by atoms with van der Waals surface area (Å²) in [4.78, 5) is 19.4. The molecule has 0 saturated carbocycles. The Morgan fingerprint density at radius 2 is 2.15 bits per heavy atom. The Bertz CT molecular complexity index is 807. The number of likely N-dealkylation sites (tertiary alicyclic amines) is 1. The van der Waals surface area contributed by atoms with E-state index in [1.807, 2.05) is 28.5 Å². The summed E-state index contributed by atoms with van der Waals surface area (Å²) in [7, 11) is 0. The third-order valence-electron chi connectivity index (χ3n) is 5.02. The summed E-state index contributed by atoms with van der Waals surface area (Å²) >= 11 is 1.47. The van der Waals surface area contributed by atoms with E-state index >= 15 is 0 Å². The van der Waals surface area contributed by atoms with E-state index in [9.17, 15) is 4.79 Å². The number of fused-ring (bicyclic) bond motifs is 1. The van der Waals surface area contributed by atoms with E-state index in [0.717, 1.165) is 41.5 Å². The first-order valence-corrected chi connectivity index (χ1v) is 9.90. The summed E-state index contributed by atoms with van der Waals surface area (Å²) in [6.45, 7) is 4.58. The van der Waals surface area contributed by atoms with Gasteiger partial charge in [0, 0.05) is 30.1 Å². The van der Waals surface area contributed by atoms with Crippen LogP contribution in [0.5, 0.6) is 11.5 Å². The molecule has 1 saturated heterocycles. The van der Waals surface area contributed by atoms with Crippen molar-refractivity contribution in [3.8, 4) is 22.1 Å². The van der Waals surface area contributed by atoms with Crippen LogP contribution in [-0.2, 0) is 0 Å². The second-order valence-corrected chi connectivity index (χ2v) is 7.77. The second kappa shape index (κ2) is 7.25. The molecule has 2 aliphatic heterocycles. The highest BCUT2D eigenvalue weighted by Crippen LogP contribution is 2.35.